The number of hydrogen-bond acceptors (Lipinski definition) is 7. The van der Waals surface area contributed by atoms with Crippen molar-refractivity contribution in [1.82, 2.24) is 9.80 Å². The highest BCUT2D eigenvalue weighted by atomic mass is 32.2. The summed E-state index contributed by atoms with van der Waals surface area (Å²) in [5, 5.41) is 11.4. The summed E-state index contributed by atoms with van der Waals surface area (Å²) in [4.78, 5) is 16.9. The summed E-state index contributed by atoms with van der Waals surface area (Å²) >= 11 is 1.14. The Morgan fingerprint density at radius 1 is 1.34 bits per heavy atom. The second-order valence-electron chi connectivity index (χ2n) is 8.51. The molecular weight excluding hydrogens is 450 g/mol. The van der Waals surface area contributed by atoms with E-state index in [1.165, 1.54) is 0 Å². The number of anilines is 1. The number of carbonyl (C=O) groups excluding carboxylic acids is 1. The van der Waals surface area contributed by atoms with Crippen molar-refractivity contribution in [2.24, 2.45) is 5.92 Å². The predicted molar refractivity (Wildman–Crippen MR) is 126 cm³/mol. The van der Waals surface area contributed by atoms with Gasteiger partial charge in [0.15, 0.2) is 0 Å². The van der Waals surface area contributed by atoms with E-state index >= 15 is 0 Å². The third kappa shape index (κ3) is 5.80. The summed E-state index contributed by atoms with van der Waals surface area (Å²) in [5.74, 6) is 0.458. The lowest BCUT2D eigenvalue weighted by molar-refractivity contribution is -0.134. The van der Waals surface area contributed by atoms with Gasteiger partial charge in [-0.25, -0.2) is 8.42 Å². The molecule has 0 radical (unpaired) electrons. The number of aliphatic hydroxyl groups is 1. The Kier molecular flexibility index (Phi) is 7.81. The molecule has 1 aliphatic rings. The van der Waals surface area contributed by atoms with E-state index in [9.17, 15) is 18.3 Å². The molecule has 10 heteroatoms. The number of nitrogens with one attached hydrogen (secondary N) is 1. The van der Waals surface area contributed by atoms with E-state index in [0.29, 0.717) is 30.1 Å². The normalized spacial score (nSPS) is 20.7. The van der Waals surface area contributed by atoms with Crippen LogP contribution in [0.2, 0.25) is 0 Å². The van der Waals surface area contributed by atoms with Crippen molar-refractivity contribution in [1.29, 1.82) is 0 Å². The van der Waals surface area contributed by atoms with Crippen molar-refractivity contribution >= 4 is 33.0 Å². The van der Waals surface area contributed by atoms with Crippen molar-refractivity contribution in [3.05, 3.63) is 41.3 Å². The van der Waals surface area contributed by atoms with E-state index in [2.05, 4.69) is 4.72 Å². The number of benzene rings is 1. The van der Waals surface area contributed by atoms with Gasteiger partial charge in [-0.1, -0.05) is 13.0 Å². The van der Waals surface area contributed by atoms with Gasteiger partial charge in [-0.05, 0) is 50.7 Å². The molecule has 2 aromatic rings. The van der Waals surface area contributed by atoms with Crippen molar-refractivity contribution in [3.8, 4) is 5.75 Å². The van der Waals surface area contributed by atoms with Crippen LogP contribution in [0.25, 0.3) is 0 Å². The molecule has 0 fully saturated rings. The van der Waals surface area contributed by atoms with Crippen LogP contribution in [-0.4, -0.2) is 75.2 Å². The SMILES string of the molecule is C[C@H](CO)N1C[C@H](C)[C@@H](CN(C)C)Oc2ccc(NS(=O)(=O)c3cccs3)cc2CC1=O. The lowest BCUT2D eigenvalue weighted by Gasteiger charge is -2.33. The van der Waals surface area contributed by atoms with Crippen molar-refractivity contribution < 1.29 is 23.1 Å². The van der Waals surface area contributed by atoms with Crippen molar-refractivity contribution in [2.75, 3.05) is 38.5 Å². The molecule has 1 amide bonds. The Labute approximate surface area is 193 Å². The third-order valence-corrected chi connectivity index (χ3v) is 8.25. The molecule has 1 aromatic heterocycles. The molecule has 8 nitrogen and oxygen atoms in total. The molecule has 32 heavy (non-hydrogen) atoms. The summed E-state index contributed by atoms with van der Waals surface area (Å²) < 4.78 is 34.4. The summed E-state index contributed by atoms with van der Waals surface area (Å²) in [7, 11) is 0.223. The zero-order valence-corrected chi connectivity index (χ0v) is 20.4. The molecule has 1 aromatic carbocycles. The summed E-state index contributed by atoms with van der Waals surface area (Å²) in [6.07, 6.45) is -0.132. The zero-order chi connectivity index (χ0) is 23.5. The van der Waals surface area contributed by atoms with E-state index < -0.39 is 10.0 Å². The highest BCUT2D eigenvalue weighted by Crippen LogP contribution is 2.30. The van der Waals surface area contributed by atoms with Crippen molar-refractivity contribution in [3.63, 3.8) is 0 Å². The van der Waals surface area contributed by atoms with Gasteiger partial charge in [0.05, 0.1) is 19.1 Å². The van der Waals surface area contributed by atoms with E-state index in [4.69, 9.17) is 4.74 Å². The molecule has 3 atom stereocenters. The fraction of sp³-hybridized carbons (Fsp3) is 0.500. The first-order valence-corrected chi connectivity index (χ1v) is 12.9. The predicted octanol–water partition coefficient (Wildman–Crippen LogP) is 2.26. The fourth-order valence-corrected chi connectivity index (χ4v) is 5.74. The average molecular weight is 482 g/mol. The second-order valence-corrected chi connectivity index (χ2v) is 11.4. The molecule has 0 spiro atoms. The second kappa shape index (κ2) is 10.2. The lowest BCUT2D eigenvalue weighted by atomic mass is 10.0. The first-order chi connectivity index (χ1) is 15.1. The van der Waals surface area contributed by atoms with Gasteiger partial charge >= 0.3 is 0 Å². The minimum absolute atomic E-state index is 0.0262. The van der Waals surface area contributed by atoms with Crippen LogP contribution in [0.5, 0.6) is 5.75 Å². The van der Waals surface area contributed by atoms with Gasteiger partial charge in [0, 0.05) is 30.3 Å². The van der Waals surface area contributed by atoms with Gasteiger partial charge in [0.2, 0.25) is 5.91 Å². The number of amides is 1. The first kappa shape index (κ1) is 24.5. The van der Waals surface area contributed by atoms with E-state index in [1.807, 2.05) is 32.8 Å². The van der Waals surface area contributed by atoms with Gasteiger partial charge in [-0.3, -0.25) is 9.52 Å². The quantitative estimate of drug-likeness (QED) is 0.629. The number of sulfonamides is 1. The molecule has 176 valence electrons. The van der Waals surface area contributed by atoms with Crippen LogP contribution in [0.1, 0.15) is 19.4 Å². The summed E-state index contributed by atoms with van der Waals surface area (Å²) in [6.45, 7) is 4.84. The minimum Gasteiger partial charge on any atom is -0.488 e. The number of hydrogen-bond donors (Lipinski definition) is 2. The minimum atomic E-state index is -3.70. The lowest BCUT2D eigenvalue weighted by Crippen LogP contribution is -2.47. The number of ether oxygens (including phenoxy) is 1. The maximum Gasteiger partial charge on any atom is 0.271 e. The standard InChI is InChI=1S/C22H31N3O5S2/c1-15-12-25(16(2)14-26)21(27)11-17-10-18(23-32(28,29)22-6-5-9-31-22)7-8-19(17)30-20(15)13-24(3)4/h5-10,15-16,20,23,26H,11-14H2,1-4H3/t15-,16+,20+/m0/s1. The maximum absolute atomic E-state index is 13.2. The first-order valence-electron chi connectivity index (χ1n) is 10.5. The Morgan fingerprint density at radius 3 is 2.72 bits per heavy atom. The van der Waals surface area contributed by atoms with Crippen molar-refractivity contribution in [2.45, 2.75) is 36.6 Å². The number of rotatable bonds is 7. The molecule has 0 unspecified atom stereocenters. The Morgan fingerprint density at radius 2 is 2.09 bits per heavy atom. The topological polar surface area (TPSA) is 99.2 Å². The number of aliphatic hydroxyl groups excluding tert-OH is 1. The van der Waals surface area contributed by atoms with Gasteiger partial charge in [0.25, 0.3) is 10.0 Å². The largest absolute Gasteiger partial charge is 0.488 e. The monoisotopic (exact) mass is 481 g/mol. The fourth-order valence-electron chi connectivity index (χ4n) is 3.69. The van der Waals surface area contributed by atoms with E-state index in [0.717, 1.165) is 11.3 Å². The summed E-state index contributed by atoms with van der Waals surface area (Å²) in [6, 6.07) is 7.92. The van der Waals surface area contributed by atoms with Gasteiger partial charge in [-0.2, -0.15) is 0 Å². The van der Waals surface area contributed by atoms with Crippen LogP contribution in [0.4, 0.5) is 5.69 Å². The number of likely N-dealkylation sites (N-methyl/N-ethyl adjacent to an activating group) is 1. The van der Waals surface area contributed by atoms with Gasteiger partial charge in [0.1, 0.15) is 16.1 Å². The molecular formula is C22H31N3O5S2. The summed E-state index contributed by atoms with van der Waals surface area (Å²) in [5.41, 5.74) is 0.973. The number of fused-ring (bicyclic) bond motifs is 1. The smallest absolute Gasteiger partial charge is 0.271 e. The highest BCUT2D eigenvalue weighted by Gasteiger charge is 2.31. The van der Waals surface area contributed by atoms with Crippen LogP contribution in [0.15, 0.2) is 39.9 Å². The van der Waals surface area contributed by atoms with Crippen LogP contribution in [-0.2, 0) is 21.2 Å². The Bertz CT molecular complexity index is 1020. The molecule has 2 heterocycles. The van der Waals surface area contributed by atoms with E-state index in [-0.39, 0.29) is 41.2 Å². The molecule has 1 aliphatic heterocycles. The molecule has 0 aliphatic carbocycles. The Hall–Kier alpha value is -2.14. The maximum atomic E-state index is 13.2. The highest BCUT2D eigenvalue weighted by molar-refractivity contribution is 7.94. The van der Waals surface area contributed by atoms with Crippen LogP contribution >= 0.6 is 11.3 Å². The zero-order valence-electron chi connectivity index (χ0n) is 18.8. The molecule has 0 saturated carbocycles. The van der Waals surface area contributed by atoms with Crippen LogP contribution in [0, 0.1) is 5.92 Å². The van der Waals surface area contributed by atoms with Crippen LogP contribution in [0.3, 0.4) is 0 Å². The molecule has 3 rings (SSSR count). The molecule has 0 bridgehead atoms. The van der Waals surface area contributed by atoms with Crippen LogP contribution < -0.4 is 9.46 Å². The Balaban J connectivity index is 1.97. The third-order valence-electron chi connectivity index (χ3n) is 5.47. The number of nitrogens with zero attached hydrogens (tertiary/aromatic N) is 2. The molecule has 0 saturated heterocycles. The number of thiophene rings is 1. The van der Waals surface area contributed by atoms with Gasteiger partial charge < -0.3 is 19.6 Å². The number of carbonyl (C=O) groups is 1. The average Bonchev–Trinajstić information content (AvgIpc) is 3.28. The van der Waals surface area contributed by atoms with Gasteiger partial charge in [-0.15, -0.1) is 11.3 Å². The molecule has 2 N–H and O–H groups in total. The van der Waals surface area contributed by atoms with E-state index in [1.54, 1.807) is 40.6 Å².